The van der Waals surface area contributed by atoms with Crippen LogP contribution < -0.4 is 11.1 Å². The molecule has 2 heteroatoms. The third-order valence-corrected chi connectivity index (χ3v) is 4.63. The third-order valence-electron chi connectivity index (χ3n) is 4.63. The van der Waals surface area contributed by atoms with Crippen LogP contribution in [0.3, 0.4) is 0 Å². The molecule has 0 saturated carbocycles. The maximum Gasteiger partial charge on any atom is 0.0809 e. The highest BCUT2D eigenvalue weighted by Gasteiger charge is 2.17. The SMILES string of the molecule is CCCCN=c1ccccc(-c2c(C(C)C)cccc2C(C)C)c1N. The average Bonchev–Trinajstić information content (AvgIpc) is 2.76. The number of unbranched alkanes of at least 4 members (excludes halogenated alkanes) is 1. The predicted octanol–water partition coefficient (Wildman–Crippen LogP) is 5.88. The summed E-state index contributed by atoms with van der Waals surface area (Å²) in [5.74, 6) is 0.887. The van der Waals surface area contributed by atoms with Gasteiger partial charge in [0.1, 0.15) is 0 Å². The molecule has 2 aromatic carbocycles. The summed E-state index contributed by atoms with van der Waals surface area (Å²) in [6, 6.07) is 14.9. The summed E-state index contributed by atoms with van der Waals surface area (Å²) < 4.78 is 0. The number of rotatable bonds is 6. The maximum atomic E-state index is 6.62. The third kappa shape index (κ3) is 4.50. The minimum atomic E-state index is 0.444. The molecular weight excluding hydrogens is 304 g/mol. The highest BCUT2D eigenvalue weighted by atomic mass is 14.7. The summed E-state index contributed by atoms with van der Waals surface area (Å²) in [7, 11) is 0. The van der Waals surface area contributed by atoms with Crippen molar-refractivity contribution < 1.29 is 0 Å². The largest absolute Gasteiger partial charge is 0.396 e. The average molecular weight is 337 g/mol. The van der Waals surface area contributed by atoms with Gasteiger partial charge in [0, 0.05) is 12.1 Å². The van der Waals surface area contributed by atoms with Gasteiger partial charge in [0.2, 0.25) is 0 Å². The van der Waals surface area contributed by atoms with Crippen molar-refractivity contribution in [2.75, 3.05) is 12.3 Å². The van der Waals surface area contributed by atoms with E-state index in [2.05, 4.69) is 65.0 Å². The van der Waals surface area contributed by atoms with Crippen LogP contribution in [0.2, 0.25) is 0 Å². The molecule has 2 N–H and O–H groups in total. The van der Waals surface area contributed by atoms with Crippen LogP contribution in [0.25, 0.3) is 11.1 Å². The molecular formula is C23H32N2. The van der Waals surface area contributed by atoms with Crippen molar-refractivity contribution in [3.8, 4) is 11.1 Å². The molecule has 0 aliphatic carbocycles. The molecule has 0 spiro atoms. The number of nitrogen functional groups attached to an aromatic ring is 1. The Morgan fingerprint density at radius 2 is 1.48 bits per heavy atom. The minimum Gasteiger partial charge on any atom is -0.396 e. The molecule has 0 atom stereocenters. The molecule has 2 nitrogen and oxygen atoms in total. The van der Waals surface area contributed by atoms with Crippen LogP contribution in [-0.4, -0.2) is 6.54 Å². The van der Waals surface area contributed by atoms with Gasteiger partial charge in [-0.1, -0.05) is 77.4 Å². The van der Waals surface area contributed by atoms with Crippen molar-refractivity contribution in [2.24, 2.45) is 4.99 Å². The van der Waals surface area contributed by atoms with E-state index in [-0.39, 0.29) is 0 Å². The summed E-state index contributed by atoms with van der Waals surface area (Å²) in [6.07, 6.45) is 2.23. The van der Waals surface area contributed by atoms with Crippen LogP contribution in [0, 0.1) is 0 Å². The van der Waals surface area contributed by atoms with E-state index in [1.807, 2.05) is 12.1 Å². The second-order valence-electron chi connectivity index (χ2n) is 7.29. The molecule has 0 aliphatic rings. The van der Waals surface area contributed by atoms with Crippen molar-refractivity contribution in [3.05, 3.63) is 58.9 Å². The van der Waals surface area contributed by atoms with Crippen molar-refractivity contribution in [2.45, 2.75) is 59.3 Å². The van der Waals surface area contributed by atoms with E-state index in [1.54, 1.807) is 0 Å². The number of anilines is 1. The van der Waals surface area contributed by atoms with Gasteiger partial charge in [-0.15, -0.1) is 0 Å². The number of hydrogen-bond donors (Lipinski definition) is 1. The minimum absolute atomic E-state index is 0.444. The lowest BCUT2D eigenvalue weighted by Crippen LogP contribution is -2.10. The fraction of sp³-hybridized carbons (Fsp3) is 0.435. The van der Waals surface area contributed by atoms with Gasteiger partial charge in [-0.25, -0.2) is 0 Å². The second-order valence-corrected chi connectivity index (χ2v) is 7.29. The van der Waals surface area contributed by atoms with E-state index in [0.717, 1.165) is 36.0 Å². The van der Waals surface area contributed by atoms with Gasteiger partial charge in [0.05, 0.1) is 11.0 Å². The van der Waals surface area contributed by atoms with E-state index in [9.17, 15) is 0 Å². The fourth-order valence-corrected chi connectivity index (χ4v) is 3.19. The molecule has 0 aromatic heterocycles. The van der Waals surface area contributed by atoms with E-state index < -0.39 is 0 Å². The van der Waals surface area contributed by atoms with Gasteiger partial charge in [0.25, 0.3) is 0 Å². The van der Waals surface area contributed by atoms with Crippen LogP contribution in [0.15, 0.2) is 47.5 Å². The molecule has 2 aromatic rings. The van der Waals surface area contributed by atoms with Crippen LogP contribution in [0.4, 0.5) is 5.69 Å². The summed E-state index contributed by atoms with van der Waals surface area (Å²) in [6.45, 7) is 12.0. The highest BCUT2D eigenvalue weighted by molar-refractivity contribution is 5.81. The molecule has 134 valence electrons. The van der Waals surface area contributed by atoms with Gasteiger partial charge in [-0.3, -0.25) is 4.99 Å². The fourth-order valence-electron chi connectivity index (χ4n) is 3.19. The molecule has 0 radical (unpaired) electrons. The molecule has 0 saturated heterocycles. The number of nitrogens with two attached hydrogens (primary N) is 1. The Morgan fingerprint density at radius 3 is 2.04 bits per heavy atom. The zero-order valence-electron chi connectivity index (χ0n) is 16.3. The molecule has 0 fully saturated rings. The monoisotopic (exact) mass is 336 g/mol. The van der Waals surface area contributed by atoms with Crippen LogP contribution in [-0.2, 0) is 0 Å². The van der Waals surface area contributed by atoms with Gasteiger partial charge in [-0.2, -0.15) is 0 Å². The number of nitrogens with zero attached hydrogens (tertiary/aromatic N) is 1. The Kier molecular flexibility index (Phi) is 6.81. The van der Waals surface area contributed by atoms with Gasteiger partial charge in [0.15, 0.2) is 0 Å². The zero-order valence-corrected chi connectivity index (χ0v) is 16.3. The summed E-state index contributed by atoms with van der Waals surface area (Å²) in [5.41, 5.74) is 12.5. The van der Waals surface area contributed by atoms with Crippen LogP contribution in [0.5, 0.6) is 0 Å². The quantitative estimate of drug-likeness (QED) is 0.657. The molecule has 0 aliphatic heterocycles. The molecule has 2 rings (SSSR count). The lowest BCUT2D eigenvalue weighted by molar-refractivity contribution is 0.795. The van der Waals surface area contributed by atoms with E-state index in [0.29, 0.717) is 11.8 Å². The highest BCUT2D eigenvalue weighted by Crippen LogP contribution is 2.37. The first-order chi connectivity index (χ1) is 12.0. The lowest BCUT2D eigenvalue weighted by atomic mass is 9.85. The first kappa shape index (κ1) is 19.2. The van der Waals surface area contributed by atoms with E-state index in [1.165, 1.54) is 16.7 Å². The van der Waals surface area contributed by atoms with Crippen LogP contribution >= 0.6 is 0 Å². The van der Waals surface area contributed by atoms with Gasteiger partial charge in [-0.05, 0) is 41.0 Å². The Hall–Kier alpha value is -2.09. The second kappa shape index (κ2) is 8.84. The van der Waals surface area contributed by atoms with Crippen molar-refractivity contribution >= 4 is 5.69 Å². The first-order valence-electron chi connectivity index (χ1n) is 9.49. The number of hydrogen-bond acceptors (Lipinski definition) is 2. The Morgan fingerprint density at radius 1 is 0.880 bits per heavy atom. The lowest BCUT2D eigenvalue weighted by Gasteiger charge is -2.20. The van der Waals surface area contributed by atoms with Crippen molar-refractivity contribution in [1.29, 1.82) is 0 Å². The normalized spacial score (nSPS) is 12.2. The molecule has 25 heavy (non-hydrogen) atoms. The maximum absolute atomic E-state index is 6.62. The molecule has 0 amide bonds. The first-order valence-corrected chi connectivity index (χ1v) is 9.49. The van der Waals surface area contributed by atoms with E-state index >= 15 is 0 Å². The summed E-state index contributed by atoms with van der Waals surface area (Å²) in [4.78, 5) is 4.75. The number of benzene rings is 1. The molecule has 0 heterocycles. The van der Waals surface area contributed by atoms with Gasteiger partial charge >= 0.3 is 0 Å². The van der Waals surface area contributed by atoms with Crippen molar-refractivity contribution in [3.63, 3.8) is 0 Å². The Balaban J connectivity index is 2.77. The van der Waals surface area contributed by atoms with Crippen LogP contribution in [0.1, 0.15) is 70.4 Å². The summed E-state index contributed by atoms with van der Waals surface area (Å²) in [5, 5.41) is 0.904. The summed E-state index contributed by atoms with van der Waals surface area (Å²) >= 11 is 0. The van der Waals surface area contributed by atoms with Crippen molar-refractivity contribution in [1.82, 2.24) is 0 Å². The topological polar surface area (TPSA) is 38.4 Å². The molecule has 0 unspecified atom stereocenters. The van der Waals surface area contributed by atoms with Gasteiger partial charge < -0.3 is 5.73 Å². The molecule has 0 bridgehead atoms. The standard InChI is InChI=1S/C23H32N2/c1-6-7-15-25-21-14-9-8-11-20(23(21)24)22-18(16(2)3)12-10-13-19(22)17(4)5/h8-14,16-17H,6-7,15H2,1-5H3,(H2,24,25). The Bertz CT molecular complexity index is 747. The van der Waals surface area contributed by atoms with E-state index in [4.69, 9.17) is 10.7 Å². The zero-order chi connectivity index (χ0) is 18.4. The predicted molar refractivity (Wildman–Crippen MR) is 110 cm³/mol. The smallest absolute Gasteiger partial charge is 0.0809 e. The Labute approximate surface area is 152 Å².